The molecule has 5 heteroatoms. The summed E-state index contributed by atoms with van der Waals surface area (Å²) in [5.74, 6) is 0. The van der Waals surface area contributed by atoms with Gasteiger partial charge in [0.15, 0.2) is 0 Å². The number of nitrogens with one attached hydrogen (secondary N) is 3. The standard InChI is InChI=1S/C11H14N4O/c12-7-5-8-9(14-11(16)13-8)6-10(7)15-3-1-2-4-15/h5-6,10,12H,1-4H2,(H2,13,14,16). The van der Waals surface area contributed by atoms with Gasteiger partial charge < -0.3 is 15.4 Å². The molecule has 0 bridgehead atoms. The maximum atomic E-state index is 11.2. The van der Waals surface area contributed by atoms with Crippen molar-refractivity contribution in [3.63, 3.8) is 0 Å². The van der Waals surface area contributed by atoms with Gasteiger partial charge in [0.1, 0.15) is 0 Å². The van der Waals surface area contributed by atoms with E-state index in [1.165, 1.54) is 12.8 Å². The van der Waals surface area contributed by atoms with E-state index in [4.69, 9.17) is 5.41 Å². The number of nitrogens with zero attached hydrogens (tertiary/aromatic N) is 1. The molecular formula is C11H14N4O. The van der Waals surface area contributed by atoms with Crippen LogP contribution in [0.4, 0.5) is 0 Å². The number of aromatic amines is 2. The van der Waals surface area contributed by atoms with Gasteiger partial charge >= 0.3 is 5.69 Å². The van der Waals surface area contributed by atoms with E-state index in [-0.39, 0.29) is 11.7 Å². The highest BCUT2D eigenvalue weighted by Gasteiger charge is 2.24. The van der Waals surface area contributed by atoms with Crippen LogP contribution < -0.4 is 16.4 Å². The Balaban J connectivity index is 2.07. The molecule has 1 aromatic rings. The second-order valence-electron chi connectivity index (χ2n) is 4.36. The molecule has 16 heavy (non-hydrogen) atoms. The van der Waals surface area contributed by atoms with Crippen molar-refractivity contribution in [3.05, 3.63) is 21.2 Å². The third-order valence-corrected chi connectivity index (χ3v) is 3.26. The Bertz CT molecular complexity index is 588. The summed E-state index contributed by atoms with van der Waals surface area (Å²) in [5, 5.41) is 9.53. The molecule has 0 aromatic carbocycles. The molecule has 3 N–H and O–H groups in total. The smallest absolute Gasteiger partial charge is 0.306 e. The Hall–Kier alpha value is -1.62. The van der Waals surface area contributed by atoms with Gasteiger partial charge in [0.05, 0.1) is 22.5 Å². The number of fused-ring (bicyclic) bond motifs is 1. The van der Waals surface area contributed by atoms with E-state index in [1.807, 2.05) is 6.08 Å². The number of imidazole rings is 1. The van der Waals surface area contributed by atoms with Crippen LogP contribution in [-0.4, -0.2) is 39.7 Å². The van der Waals surface area contributed by atoms with Crippen LogP contribution in [-0.2, 0) is 0 Å². The van der Waals surface area contributed by atoms with E-state index >= 15 is 0 Å². The molecule has 0 spiro atoms. The van der Waals surface area contributed by atoms with Gasteiger partial charge in [-0.25, -0.2) is 4.79 Å². The van der Waals surface area contributed by atoms with Crippen LogP contribution in [0.3, 0.4) is 0 Å². The van der Waals surface area contributed by atoms with Gasteiger partial charge in [0.2, 0.25) is 0 Å². The molecule has 0 saturated carbocycles. The van der Waals surface area contributed by atoms with Gasteiger partial charge in [-0.3, -0.25) is 4.90 Å². The summed E-state index contributed by atoms with van der Waals surface area (Å²) in [6.45, 7) is 2.09. The highest BCUT2D eigenvalue weighted by molar-refractivity contribution is 6.15. The third-order valence-electron chi connectivity index (χ3n) is 3.26. The first-order chi connectivity index (χ1) is 7.74. The SMILES string of the molecule is N=C1C=c2[nH]c(=O)[nH]c2=CC1N1CCCC1. The van der Waals surface area contributed by atoms with Crippen molar-refractivity contribution >= 4 is 17.9 Å². The third kappa shape index (κ3) is 1.44. The number of likely N-dealkylation sites (tertiary alicyclic amines) is 1. The van der Waals surface area contributed by atoms with E-state index in [2.05, 4.69) is 14.9 Å². The minimum absolute atomic E-state index is 0.0291. The zero-order valence-corrected chi connectivity index (χ0v) is 8.92. The largest absolute Gasteiger partial charge is 0.323 e. The summed E-state index contributed by atoms with van der Waals surface area (Å²) in [5.41, 5.74) is 0.358. The molecule has 0 amide bonds. The molecule has 1 saturated heterocycles. The van der Waals surface area contributed by atoms with Gasteiger partial charge in [-0.15, -0.1) is 0 Å². The van der Waals surface area contributed by atoms with E-state index in [0.717, 1.165) is 23.8 Å². The fourth-order valence-electron chi connectivity index (χ4n) is 2.47. The normalized spacial score (nSPS) is 25.0. The van der Waals surface area contributed by atoms with Gasteiger partial charge in [0.25, 0.3) is 0 Å². The van der Waals surface area contributed by atoms with Crippen molar-refractivity contribution in [2.24, 2.45) is 0 Å². The molecule has 1 aromatic heterocycles. The Labute approximate surface area is 92.0 Å². The first-order valence-corrected chi connectivity index (χ1v) is 5.58. The summed E-state index contributed by atoms with van der Waals surface area (Å²) in [7, 11) is 0. The first kappa shape index (κ1) is 9.59. The number of hydrogen-bond acceptors (Lipinski definition) is 3. The van der Waals surface area contributed by atoms with Crippen molar-refractivity contribution in [2.45, 2.75) is 18.9 Å². The van der Waals surface area contributed by atoms with Crippen LogP contribution in [0.25, 0.3) is 12.2 Å². The second-order valence-corrected chi connectivity index (χ2v) is 4.36. The van der Waals surface area contributed by atoms with Crippen molar-refractivity contribution < 1.29 is 0 Å². The average Bonchev–Trinajstić information content (AvgIpc) is 2.83. The molecule has 3 rings (SSSR count). The summed E-state index contributed by atoms with van der Waals surface area (Å²) in [6, 6.07) is 0.0291. The number of H-pyrrole nitrogens is 2. The van der Waals surface area contributed by atoms with Crippen molar-refractivity contribution in [1.29, 1.82) is 5.41 Å². The molecule has 5 nitrogen and oxygen atoms in total. The van der Waals surface area contributed by atoms with E-state index in [9.17, 15) is 4.79 Å². The lowest BCUT2D eigenvalue weighted by Gasteiger charge is -2.24. The molecule has 1 unspecified atom stereocenters. The van der Waals surface area contributed by atoms with Gasteiger partial charge in [-0.05, 0) is 38.1 Å². The maximum Gasteiger partial charge on any atom is 0.323 e. The lowest BCUT2D eigenvalue weighted by molar-refractivity contribution is 0.347. The average molecular weight is 218 g/mol. The predicted octanol–water partition coefficient (Wildman–Crippen LogP) is -1.24. The summed E-state index contributed by atoms with van der Waals surface area (Å²) in [4.78, 5) is 18.9. The quantitative estimate of drug-likeness (QED) is 0.551. The van der Waals surface area contributed by atoms with Crippen molar-refractivity contribution in [2.75, 3.05) is 13.1 Å². The lowest BCUT2D eigenvalue weighted by atomic mass is 10.1. The van der Waals surface area contributed by atoms with E-state index < -0.39 is 0 Å². The Morgan fingerprint density at radius 2 is 1.94 bits per heavy atom. The van der Waals surface area contributed by atoms with Gasteiger partial charge in [-0.1, -0.05) is 0 Å². The van der Waals surface area contributed by atoms with Crippen LogP contribution >= 0.6 is 0 Å². The van der Waals surface area contributed by atoms with Crippen LogP contribution in [0.15, 0.2) is 4.79 Å². The first-order valence-electron chi connectivity index (χ1n) is 5.58. The highest BCUT2D eigenvalue weighted by Crippen LogP contribution is 2.14. The molecule has 0 radical (unpaired) electrons. The Kier molecular flexibility index (Phi) is 2.07. The number of hydrogen-bond donors (Lipinski definition) is 3. The molecule has 2 aliphatic rings. The summed E-state index contributed by atoms with van der Waals surface area (Å²) >= 11 is 0. The molecule has 1 fully saturated rings. The Morgan fingerprint density at radius 3 is 2.69 bits per heavy atom. The van der Waals surface area contributed by atoms with Gasteiger partial charge in [-0.2, -0.15) is 0 Å². The monoisotopic (exact) mass is 218 g/mol. The zero-order valence-electron chi connectivity index (χ0n) is 8.92. The van der Waals surface area contributed by atoms with Gasteiger partial charge in [0, 0.05) is 0 Å². The predicted molar refractivity (Wildman–Crippen MR) is 61.9 cm³/mol. The maximum absolute atomic E-state index is 11.2. The minimum Gasteiger partial charge on any atom is -0.306 e. The fourth-order valence-corrected chi connectivity index (χ4v) is 2.47. The van der Waals surface area contributed by atoms with Crippen LogP contribution in [0.1, 0.15) is 12.8 Å². The molecule has 1 atom stereocenters. The molecule has 1 aliphatic carbocycles. The number of rotatable bonds is 1. The molecule has 2 heterocycles. The van der Waals surface area contributed by atoms with E-state index in [1.54, 1.807) is 6.08 Å². The summed E-state index contributed by atoms with van der Waals surface area (Å²) < 4.78 is 0. The topological polar surface area (TPSA) is 75.7 Å². The van der Waals surface area contributed by atoms with Crippen molar-refractivity contribution in [1.82, 2.24) is 14.9 Å². The van der Waals surface area contributed by atoms with Crippen LogP contribution in [0, 0.1) is 5.41 Å². The lowest BCUT2D eigenvalue weighted by Crippen LogP contribution is -2.44. The molecular weight excluding hydrogens is 204 g/mol. The van der Waals surface area contributed by atoms with Crippen LogP contribution in [0.2, 0.25) is 0 Å². The van der Waals surface area contributed by atoms with Crippen molar-refractivity contribution in [3.8, 4) is 0 Å². The van der Waals surface area contributed by atoms with Crippen LogP contribution in [0.5, 0.6) is 0 Å². The Morgan fingerprint density at radius 1 is 1.25 bits per heavy atom. The zero-order chi connectivity index (χ0) is 11.1. The summed E-state index contributed by atoms with van der Waals surface area (Å²) in [6.07, 6.45) is 6.12. The van der Waals surface area contributed by atoms with E-state index in [0.29, 0.717) is 5.71 Å². The second kappa shape index (κ2) is 3.45. The number of aromatic nitrogens is 2. The fraction of sp³-hybridized carbons (Fsp3) is 0.455. The molecule has 1 aliphatic heterocycles. The highest BCUT2D eigenvalue weighted by atomic mass is 16.1. The minimum atomic E-state index is -0.202. The molecule has 84 valence electrons.